The number of carbonyl (C=O) groups excluding carboxylic acids is 1. The quantitative estimate of drug-likeness (QED) is 0.820. The summed E-state index contributed by atoms with van der Waals surface area (Å²) in [5.41, 5.74) is 4.97. The maximum absolute atomic E-state index is 11.3. The molecule has 0 radical (unpaired) electrons. The minimum Gasteiger partial charge on any atom is -0.496 e. The lowest BCUT2D eigenvalue weighted by Crippen LogP contribution is -2.15. The van der Waals surface area contributed by atoms with Gasteiger partial charge in [-0.2, -0.15) is 0 Å². The number of methoxy groups -OCH3 is 2. The van der Waals surface area contributed by atoms with Crippen molar-refractivity contribution in [2.75, 3.05) is 14.2 Å². The minimum absolute atomic E-state index is 0.110. The Bertz CT molecular complexity index is 555. The number of benzene rings is 1. The molecule has 8 heteroatoms. The molecule has 1 aromatic carbocycles. The molecule has 2 N–H and O–H groups in total. The predicted molar refractivity (Wildman–Crippen MR) is 61.1 cm³/mol. The van der Waals surface area contributed by atoms with Crippen molar-refractivity contribution in [3.63, 3.8) is 0 Å². The Morgan fingerprint density at radius 1 is 1.29 bits per heavy atom. The maximum atomic E-state index is 11.3. The molecule has 0 aliphatic heterocycles. The highest BCUT2D eigenvalue weighted by Gasteiger charge is 2.25. The van der Waals surface area contributed by atoms with Crippen LogP contribution in [0.15, 0.2) is 17.0 Å². The molecule has 0 aromatic heterocycles. The molecule has 6 nitrogen and oxygen atoms in total. The van der Waals surface area contributed by atoms with Gasteiger partial charge in [0.2, 0.25) is 0 Å². The molecule has 1 amide bonds. The van der Waals surface area contributed by atoms with E-state index in [-0.39, 0.29) is 22.0 Å². The molecule has 1 rings (SSSR count). The first-order valence-corrected chi connectivity index (χ1v) is 6.63. The van der Waals surface area contributed by atoms with Crippen LogP contribution in [-0.4, -0.2) is 28.5 Å². The average molecular weight is 280 g/mol. The third kappa shape index (κ3) is 2.62. The molecule has 0 atom stereocenters. The van der Waals surface area contributed by atoms with E-state index in [2.05, 4.69) is 0 Å². The number of nitrogens with two attached hydrogens (primary N) is 1. The van der Waals surface area contributed by atoms with Gasteiger partial charge in [0.15, 0.2) is 5.75 Å². The summed E-state index contributed by atoms with van der Waals surface area (Å²) in [6.07, 6.45) is 0. The summed E-state index contributed by atoms with van der Waals surface area (Å²) in [6.45, 7) is 0. The Labute approximate surface area is 103 Å². The molecule has 0 unspecified atom stereocenters. The molecule has 0 spiro atoms. The lowest BCUT2D eigenvalue weighted by Gasteiger charge is -2.12. The molecule has 0 saturated heterocycles. The van der Waals surface area contributed by atoms with Crippen LogP contribution in [0.5, 0.6) is 11.5 Å². The third-order valence-electron chi connectivity index (χ3n) is 2.02. The number of hydrogen-bond donors (Lipinski definition) is 1. The van der Waals surface area contributed by atoms with Crippen LogP contribution in [0.4, 0.5) is 0 Å². The SMILES string of the molecule is COc1ccc(S(=O)(=O)Cl)c(OC)c1C(N)=O. The molecule has 0 bridgehead atoms. The van der Waals surface area contributed by atoms with Crippen LogP contribution >= 0.6 is 10.7 Å². The fourth-order valence-corrected chi connectivity index (χ4v) is 2.35. The van der Waals surface area contributed by atoms with Crippen molar-refractivity contribution in [1.29, 1.82) is 0 Å². The molecule has 1 aromatic rings. The van der Waals surface area contributed by atoms with Gasteiger partial charge < -0.3 is 15.2 Å². The van der Waals surface area contributed by atoms with Gasteiger partial charge in [0, 0.05) is 10.7 Å². The van der Waals surface area contributed by atoms with E-state index in [0.29, 0.717) is 0 Å². The first kappa shape index (κ1) is 13.6. The zero-order chi connectivity index (χ0) is 13.2. The van der Waals surface area contributed by atoms with Gasteiger partial charge in [-0.1, -0.05) is 0 Å². The Morgan fingerprint density at radius 2 is 1.88 bits per heavy atom. The van der Waals surface area contributed by atoms with E-state index in [1.807, 2.05) is 0 Å². The van der Waals surface area contributed by atoms with Crippen LogP contribution in [0.25, 0.3) is 0 Å². The molecule has 0 heterocycles. The van der Waals surface area contributed by atoms with Gasteiger partial charge in [-0.15, -0.1) is 0 Å². The van der Waals surface area contributed by atoms with Gasteiger partial charge in [-0.25, -0.2) is 8.42 Å². The van der Waals surface area contributed by atoms with Crippen LogP contribution < -0.4 is 15.2 Å². The maximum Gasteiger partial charge on any atom is 0.265 e. The van der Waals surface area contributed by atoms with Crippen molar-refractivity contribution >= 4 is 25.6 Å². The van der Waals surface area contributed by atoms with Gasteiger partial charge in [-0.05, 0) is 12.1 Å². The monoisotopic (exact) mass is 279 g/mol. The molecular formula is C9H10ClNO5S. The molecule has 0 aliphatic carbocycles. The molecule has 94 valence electrons. The molecule has 0 saturated carbocycles. The van der Waals surface area contributed by atoms with Gasteiger partial charge in [0.25, 0.3) is 15.0 Å². The van der Waals surface area contributed by atoms with Crippen molar-refractivity contribution < 1.29 is 22.7 Å². The zero-order valence-corrected chi connectivity index (χ0v) is 10.6. The molecule has 0 fully saturated rings. The highest BCUT2D eigenvalue weighted by molar-refractivity contribution is 8.13. The predicted octanol–water partition coefficient (Wildman–Crippen LogP) is 0.730. The van der Waals surface area contributed by atoms with Crippen molar-refractivity contribution in [1.82, 2.24) is 0 Å². The van der Waals surface area contributed by atoms with E-state index in [4.69, 9.17) is 25.9 Å². The van der Waals surface area contributed by atoms with Crippen LogP contribution in [0, 0.1) is 0 Å². The number of halogens is 1. The summed E-state index contributed by atoms with van der Waals surface area (Å²) in [6, 6.07) is 2.45. The highest BCUT2D eigenvalue weighted by Crippen LogP contribution is 2.35. The van der Waals surface area contributed by atoms with E-state index in [9.17, 15) is 13.2 Å². The number of hydrogen-bond acceptors (Lipinski definition) is 5. The summed E-state index contributed by atoms with van der Waals surface area (Å²) in [7, 11) is 3.69. The normalized spacial score (nSPS) is 11.0. The number of ether oxygens (including phenoxy) is 2. The average Bonchev–Trinajstić information content (AvgIpc) is 2.25. The number of primary amides is 1. The number of rotatable bonds is 4. The van der Waals surface area contributed by atoms with Crippen LogP contribution in [0.2, 0.25) is 0 Å². The third-order valence-corrected chi connectivity index (χ3v) is 3.36. The summed E-state index contributed by atoms with van der Waals surface area (Å²) >= 11 is 0. The minimum atomic E-state index is -4.04. The van der Waals surface area contributed by atoms with Crippen molar-refractivity contribution in [2.24, 2.45) is 5.73 Å². The van der Waals surface area contributed by atoms with E-state index in [1.165, 1.54) is 26.4 Å². The zero-order valence-electron chi connectivity index (χ0n) is 9.06. The fourth-order valence-electron chi connectivity index (χ4n) is 1.34. The second kappa shape index (κ2) is 4.80. The number of carbonyl (C=O) groups is 1. The second-order valence-electron chi connectivity index (χ2n) is 2.98. The first-order valence-electron chi connectivity index (χ1n) is 4.32. The van der Waals surface area contributed by atoms with Crippen LogP contribution in [-0.2, 0) is 9.05 Å². The summed E-state index contributed by atoms with van der Waals surface area (Å²) in [4.78, 5) is 10.9. The number of amides is 1. The molecule has 17 heavy (non-hydrogen) atoms. The summed E-state index contributed by atoms with van der Waals surface area (Å²) in [5, 5.41) is 0. The van der Waals surface area contributed by atoms with Gasteiger partial charge >= 0.3 is 0 Å². The van der Waals surface area contributed by atoms with Crippen LogP contribution in [0.3, 0.4) is 0 Å². The topological polar surface area (TPSA) is 95.7 Å². The van der Waals surface area contributed by atoms with Crippen molar-refractivity contribution in [2.45, 2.75) is 4.90 Å². The first-order chi connectivity index (χ1) is 7.82. The Balaban J connectivity index is 3.70. The van der Waals surface area contributed by atoms with E-state index in [0.717, 1.165) is 0 Å². The van der Waals surface area contributed by atoms with Gasteiger partial charge in [0.1, 0.15) is 16.2 Å². The molecule has 0 aliphatic rings. The second-order valence-corrected chi connectivity index (χ2v) is 5.51. The Hall–Kier alpha value is -1.47. The lowest BCUT2D eigenvalue weighted by molar-refractivity contribution is 0.0994. The standard InChI is InChI=1S/C9H10ClNO5S/c1-15-5-3-4-6(17(10,13)14)8(16-2)7(5)9(11)12/h3-4H,1-2H3,(H2,11,12). The highest BCUT2D eigenvalue weighted by atomic mass is 35.7. The van der Waals surface area contributed by atoms with Crippen molar-refractivity contribution in [3.8, 4) is 11.5 Å². The van der Waals surface area contributed by atoms with Crippen LogP contribution in [0.1, 0.15) is 10.4 Å². The smallest absolute Gasteiger partial charge is 0.265 e. The van der Waals surface area contributed by atoms with Crippen molar-refractivity contribution in [3.05, 3.63) is 17.7 Å². The van der Waals surface area contributed by atoms with E-state index in [1.54, 1.807) is 0 Å². The van der Waals surface area contributed by atoms with Gasteiger partial charge in [0.05, 0.1) is 14.2 Å². The summed E-state index contributed by atoms with van der Waals surface area (Å²) in [5.74, 6) is -0.994. The van der Waals surface area contributed by atoms with Gasteiger partial charge in [-0.3, -0.25) is 4.79 Å². The molecular weight excluding hydrogens is 270 g/mol. The summed E-state index contributed by atoms with van der Waals surface area (Å²) < 4.78 is 32.3. The van der Waals surface area contributed by atoms with E-state index < -0.39 is 15.0 Å². The van der Waals surface area contributed by atoms with E-state index >= 15 is 0 Å². The Kier molecular flexibility index (Phi) is 3.84. The Morgan fingerprint density at radius 3 is 2.24 bits per heavy atom. The largest absolute Gasteiger partial charge is 0.496 e. The lowest BCUT2D eigenvalue weighted by atomic mass is 10.1. The fraction of sp³-hybridized carbons (Fsp3) is 0.222.